The molecule has 0 atom stereocenters. The summed E-state index contributed by atoms with van der Waals surface area (Å²) >= 11 is 0. The van der Waals surface area contributed by atoms with Gasteiger partial charge in [0.15, 0.2) is 0 Å². The predicted molar refractivity (Wildman–Crippen MR) is 128 cm³/mol. The minimum absolute atomic E-state index is 0.0184. The van der Waals surface area contributed by atoms with E-state index < -0.39 is 29.1 Å². The van der Waals surface area contributed by atoms with Gasteiger partial charge in [0, 0.05) is 11.8 Å². The lowest BCUT2D eigenvalue weighted by molar-refractivity contribution is -0.120. The third kappa shape index (κ3) is 4.41. The number of benzene rings is 3. The number of anilines is 2. The average Bonchev–Trinajstić information content (AvgIpc) is 3.06. The van der Waals surface area contributed by atoms with Crippen LogP contribution in [0.25, 0.3) is 5.57 Å². The van der Waals surface area contributed by atoms with E-state index in [-0.39, 0.29) is 11.3 Å². The molecule has 0 aromatic heterocycles. The van der Waals surface area contributed by atoms with Crippen molar-refractivity contribution in [3.63, 3.8) is 0 Å². The number of nitrogens with one attached hydrogen (secondary N) is 1. The number of nitrogens with zero attached hydrogens (tertiary/aromatic N) is 1. The molecule has 1 N–H and O–H groups in total. The van der Waals surface area contributed by atoms with Crippen molar-refractivity contribution in [2.45, 2.75) is 26.7 Å². The molecular formula is C27H24F2N2O3. The second kappa shape index (κ2) is 9.47. The number of amides is 2. The van der Waals surface area contributed by atoms with Gasteiger partial charge in [0.1, 0.15) is 23.1 Å². The third-order valence-corrected chi connectivity index (χ3v) is 5.53. The van der Waals surface area contributed by atoms with Crippen LogP contribution in [-0.2, 0) is 9.59 Å². The fourth-order valence-corrected chi connectivity index (χ4v) is 3.77. The van der Waals surface area contributed by atoms with Crippen LogP contribution in [0.1, 0.15) is 37.8 Å². The van der Waals surface area contributed by atoms with E-state index in [4.69, 9.17) is 4.74 Å². The van der Waals surface area contributed by atoms with E-state index in [2.05, 4.69) is 19.2 Å². The standard InChI is InChI=1S/C27H24F2N2O3/c1-4-34-21-12-7-18(8-13-21)24-25(30-20-10-5-17(6-11-20)16(2)3)27(33)31(26(24)32)23-15-19(28)9-14-22(23)29/h5-16,30H,4H2,1-3H3. The van der Waals surface area contributed by atoms with E-state index in [0.29, 0.717) is 34.4 Å². The van der Waals surface area contributed by atoms with Crippen molar-refractivity contribution >= 4 is 28.8 Å². The van der Waals surface area contributed by atoms with Crippen LogP contribution in [0.15, 0.2) is 72.4 Å². The smallest absolute Gasteiger partial charge is 0.282 e. The van der Waals surface area contributed by atoms with Gasteiger partial charge < -0.3 is 10.1 Å². The lowest BCUT2D eigenvalue weighted by Crippen LogP contribution is -2.33. The van der Waals surface area contributed by atoms with Crippen molar-refractivity contribution in [3.8, 4) is 5.75 Å². The molecule has 2 amide bonds. The van der Waals surface area contributed by atoms with E-state index in [9.17, 15) is 18.4 Å². The first-order chi connectivity index (χ1) is 16.3. The van der Waals surface area contributed by atoms with Gasteiger partial charge in [0.05, 0.1) is 17.9 Å². The van der Waals surface area contributed by atoms with Crippen LogP contribution in [0, 0.1) is 11.6 Å². The summed E-state index contributed by atoms with van der Waals surface area (Å²) in [6.45, 7) is 6.47. The number of hydrogen-bond donors (Lipinski definition) is 1. The molecule has 0 saturated heterocycles. The first kappa shape index (κ1) is 23.2. The van der Waals surface area contributed by atoms with Crippen molar-refractivity contribution in [1.82, 2.24) is 0 Å². The normalized spacial score (nSPS) is 13.8. The van der Waals surface area contributed by atoms with Crippen molar-refractivity contribution in [2.75, 3.05) is 16.8 Å². The maximum Gasteiger partial charge on any atom is 0.282 e. The zero-order chi connectivity index (χ0) is 24.4. The summed E-state index contributed by atoms with van der Waals surface area (Å²) in [6.07, 6.45) is 0. The summed E-state index contributed by atoms with van der Waals surface area (Å²) in [4.78, 5) is 27.5. The second-order valence-electron chi connectivity index (χ2n) is 8.15. The molecule has 5 nitrogen and oxygen atoms in total. The number of hydrogen-bond acceptors (Lipinski definition) is 4. The monoisotopic (exact) mass is 462 g/mol. The predicted octanol–water partition coefficient (Wildman–Crippen LogP) is 5.88. The molecule has 0 aliphatic carbocycles. The highest BCUT2D eigenvalue weighted by Gasteiger charge is 2.41. The van der Waals surface area contributed by atoms with Gasteiger partial charge in [-0.15, -0.1) is 0 Å². The van der Waals surface area contributed by atoms with E-state index in [1.807, 2.05) is 19.1 Å². The minimum Gasteiger partial charge on any atom is -0.494 e. The lowest BCUT2D eigenvalue weighted by atomic mass is 10.0. The zero-order valence-electron chi connectivity index (χ0n) is 19.1. The quantitative estimate of drug-likeness (QED) is 0.445. The molecule has 4 rings (SSSR count). The molecule has 1 aliphatic rings. The molecular weight excluding hydrogens is 438 g/mol. The van der Waals surface area contributed by atoms with Gasteiger partial charge in [0.25, 0.3) is 11.8 Å². The van der Waals surface area contributed by atoms with Crippen molar-refractivity contribution in [3.05, 3.63) is 95.2 Å². The van der Waals surface area contributed by atoms with E-state index >= 15 is 0 Å². The number of rotatable bonds is 7. The Bertz CT molecular complexity index is 1270. The van der Waals surface area contributed by atoms with E-state index in [1.54, 1.807) is 36.4 Å². The molecule has 0 saturated carbocycles. The molecule has 174 valence electrons. The molecule has 0 unspecified atom stereocenters. The zero-order valence-corrected chi connectivity index (χ0v) is 19.1. The summed E-state index contributed by atoms with van der Waals surface area (Å²) in [5.74, 6) is -2.22. The fourth-order valence-electron chi connectivity index (χ4n) is 3.77. The van der Waals surface area contributed by atoms with Crippen LogP contribution in [0.5, 0.6) is 5.75 Å². The second-order valence-corrected chi connectivity index (χ2v) is 8.15. The van der Waals surface area contributed by atoms with Crippen LogP contribution in [0.3, 0.4) is 0 Å². The Balaban J connectivity index is 1.79. The van der Waals surface area contributed by atoms with Gasteiger partial charge >= 0.3 is 0 Å². The van der Waals surface area contributed by atoms with Crippen LogP contribution in [-0.4, -0.2) is 18.4 Å². The number of imide groups is 1. The van der Waals surface area contributed by atoms with Gasteiger partial charge in [-0.1, -0.05) is 38.1 Å². The summed E-state index contributed by atoms with van der Waals surface area (Å²) in [6, 6.07) is 16.8. The Kier molecular flexibility index (Phi) is 6.45. The topological polar surface area (TPSA) is 58.6 Å². The highest BCUT2D eigenvalue weighted by Crippen LogP contribution is 2.35. The maximum atomic E-state index is 14.5. The van der Waals surface area contributed by atoms with Crippen molar-refractivity contribution < 1.29 is 23.1 Å². The Morgan fingerprint density at radius 3 is 2.21 bits per heavy atom. The third-order valence-electron chi connectivity index (χ3n) is 5.53. The van der Waals surface area contributed by atoms with Crippen LogP contribution < -0.4 is 15.0 Å². The molecule has 3 aromatic rings. The Morgan fingerprint density at radius 2 is 1.59 bits per heavy atom. The number of halogens is 2. The molecule has 1 aliphatic heterocycles. The van der Waals surface area contributed by atoms with Crippen molar-refractivity contribution in [1.29, 1.82) is 0 Å². The average molecular weight is 462 g/mol. The number of carbonyl (C=O) groups excluding carboxylic acids is 2. The van der Waals surface area contributed by atoms with Crippen LogP contribution in [0.2, 0.25) is 0 Å². The molecule has 7 heteroatoms. The summed E-state index contributed by atoms with van der Waals surface area (Å²) in [7, 11) is 0. The van der Waals surface area contributed by atoms with Crippen LogP contribution in [0.4, 0.5) is 20.2 Å². The highest BCUT2D eigenvalue weighted by atomic mass is 19.1. The minimum atomic E-state index is -0.878. The first-order valence-electron chi connectivity index (χ1n) is 11.0. The summed E-state index contributed by atoms with van der Waals surface area (Å²) < 4.78 is 33.9. The molecule has 1 heterocycles. The number of carbonyl (C=O) groups is 2. The molecule has 0 fully saturated rings. The van der Waals surface area contributed by atoms with Gasteiger partial charge in [-0.3, -0.25) is 9.59 Å². The largest absolute Gasteiger partial charge is 0.494 e. The lowest BCUT2D eigenvalue weighted by Gasteiger charge is -2.16. The number of ether oxygens (including phenoxy) is 1. The summed E-state index contributed by atoms with van der Waals surface area (Å²) in [5, 5.41) is 3.03. The summed E-state index contributed by atoms with van der Waals surface area (Å²) in [5.41, 5.74) is 1.75. The highest BCUT2D eigenvalue weighted by molar-refractivity contribution is 6.46. The Morgan fingerprint density at radius 1 is 0.912 bits per heavy atom. The Hall–Kier alpha value is -4.00. The van der Waals surface area contributed by atoms with Gasteiger partial charge in [-0.25, -0.2) is 13.7 Å². The SMILES string of the molecule is CCOc1ccc(C2=C(Nc3ccc(C(C)C)cc3)C(=O)N(c3cc(F)ccc3F)C2=O)cc1. The maximum absolute atomic E-state index is 14.5. The van der Waals surface area contributed by atoms with Crippen molar-refractivity contribution in [2.24, 2.45) is 0 Å². The fraction of sp³-hybridized carbons (Fsp3) is 0.185. The van der Waals surface area contributed by atoms with E-state index in [1.165, 1.54) is 0 Å². The first-order valence-corrected chi connectivity index (χ1v) is 11.0. The molecule has 3 aromatic carbocycles. The van der Waals surface area contributed by atoms with Crippen LogP contribution >= 0.6 is 0 Å². The van der Waals surface area contributed by atoms with Gasteiger partial charge in [-0.2, -0.15) is 0 Å². The Labute approximate surface area is 196 Å². The van der Waals surface area contributed by atoms with Gasteiger partial charge in [-0.05, 0) is 60.4 Å². The van der Waals surface area contributed by atoms with E-state index in [0.717, 1.165) is 23.8 Å². The molecule has 0 spiro atoms. The molecule has 34 heavy (non-hydrogen) atoms. The van der Waals surface area contributed by atoms with Gasteiger partial charge in [0.2, 0.25) is 0 Å². The molecule has 0 radical (unpaired) electrons. The molecule has 0 bridgehead atoms.